The molecule has 2 amide bonds. The van der Waals surface area contributed by atoms with Gasteiger partial charge in [0.2, 0.25) is 5.91 Å². The summed E-state index contributed by atoms with van der Waals surface area (Å²) in [4.78, 5) is 34.7. The number of carbonyl (C=O) groups excluding carboxylic acids is 2. The molecule has 0 radical (unpaired) electrons. The van der Waals surface area contributed by atoms with Gasteiger partial charge in [0.05, 0.1) is 5.56 Å². The fourth-order valence-corrected chi connectivity index (χ4v) is 4.65. The Morgan fingerprint density at radius 2 is 1.71 bits per heavy atom. The quantitative estimate of drug-likeness (QED) is 0.474. The molecule has 0 saturated carbocycles. The third-order valence-corrected chi connectivity index (χ3v) is 6.47. The smallest absolute Gasteiger partial charge is 0.256 e. The minimum atomic E-state index is -0.547. The van der Waals surface area contributed by atoms with E-state index in [-0.39, 0.29) is 17.9 Å². The van der Waals surface area contributed by atoms with Gasteiger partial charge >= 0.3 is 0 Å². The number of carbonyl (C=O) groups is 2. The Bertz CT molecular complexity index is 1080. The Labute approximate surface area is 207 Å². The van der Waals surface area contributed by atoms with Crippen LogP contribution >= 0.6 is 0 Å². The van der Waals surface area contributed by atoms with Crippen molar-refractivity contribution in [1.82, 2.24) is 20.1 Å². The second-order valence-electron chi connectivity index (χ2n) is 8.88. The van der Waals surface area contributed by atoms with Crippen molar-refractivity contribution in [2.45, 2.75) is 31.5 Å². The summed E-state index contributed by atoms with van der Waals surface area (Å²) >= 11 is 0. The average Bonchev–Trinajstić information content (AvgIpc) is 3.36. The van der Waals surface area contributed by atoms with Gasteiger partial charge in [0.25, 0.3) is 5.91 Å². The van der Waals surface area contributed by atoms with Crippen molar-refractivity contribution in [1.29, 1.82) is 0 Å². The molecule has 2 unspecified atom stereocenters. The zero-order valence-corrected chi connectivity index (χ0v) is 19.9. The number of amides is 2. The van der Waals surface area contributed by atoms with Crippen LogP contribution < -0.4 is 11.1 Å². The minimum Gasteiger partial charge on any atom is -0.353 e. The van der Waals surface area contributed by atoms with Crippen molar-refractivity contribution < 1.29 is 9.59 Å². The first-order valence-electron chi connectivity index (χ1n) is 12.2. The van der Waals surface area contributed by atoms with Crippen molar-refractivity contribution in [3.8, 4) is 0 Å². The highest BCUT2D eigenvalue weighted by molar-refractivity contribution is 5.97. The predicted octanol–water partition coefficient (Wildman–Crippen LogP) is 2.48. The monoisotopic (exact) mass is 471 g/mol. The van der Waals surface area contributed by atoms with Gasteiger partial charge in [0.15, 0.2) is 0 Å². The lowest BCUT2D eigenvalue weighted by molar-refractivity contribution is -0.124. The molecular weight excluding hydrogens is 438 g/mol. The van der Waals surface area contributed by atoms with Crippen LogP contribution in [-0.4, -0.2) is 64.9 Å². The number of rotatable bonds is 10. The van der Waals surface area contributed by atoms with E-state index in [4.69, 9.17) is 5.73 Å². The molecule has 1 aliphatic heterocycles. The maximum Gasteiger partial charge on any atom is 0.256 e. The van der Waals surface area contributed by atoms with Crippen molar-refractivity contribution in [2.24, 2.45) is 5.73 Å². The molecule has 0 spiro atoms. The van der Waals surface area contributed by atoms with Crippen molar-refractivity contribution >= 4 is 11.8 Å². The van der Waals surface area contributed by atoms with E-state index >= 15 is 0 Å². The molecule has 2 atom stereocenters. The number of benzene rings is 2. The number of aromatic nitrogens is 1. The van der Waals surface area contributed by atoms with Gasteiger partial charge in [-0.15, -0.1) is 0 Å². The highest BCUT2D eigenvalue weighted by Gasteiger charge is 2.41. The van der Waals surface area contributed by atoms with Crippen LogP contribution in [0, 0.1) is 0 Å². The van der Waals surface area contributed by atoms with Crippen molar-refractivity contribution in [3.63, 3.8) is 0 Å². The Hall–Kier alpha value is -3.55. The molecule has 0 aliphatic carbocycles. The van der Waals surface area contributed by atoms with Gasteiger partial charge < -0.3 is 16.0 Å². The van der Waals surface area contributed by atoms with Gasteiger partial charge in [-0.05, 0) is 36.1 Å². The molecule has 4 rings (SSSR count). The number of nitrogens with zero attached hydrogens (tertiary/aromatic N) is 3. The molecule has 0 bridgehead atoms. The Morgan fingerprint density at radius 3 is 2.37 bits per heavy atom. The van der Waals surface area contributed by atoms with E-state index in [0.29, 0.717) is 31.6 Å². The number of hydrogen-bond acceptors (Lipinski definition) is 5. The van der Waals surface area contributed by atoms with E-state index < -0.39 is 6.04 Å². The number of nitrogens with two attached hydrogens (primary N) is 1. The molecule has 1 aromatic heterocycles. The summed E-state index contributed by atoms with van der Waals surface area (Å²) in [6.07, 6.45) is 4.66. The Kier molecular flexibility index (Phi) is 8.59. The van der Waals surface area contributed by atoms with Crippen molar-refractivity contribution in [3.05, 3.63) is 102 Å². The fourth-order valence-electron chi connectivity index (χ4n) is 4.65. The first-order valence-corrected chi connectivity index (χ1v) is 12.2. The standard InChI is InChI=1S/C28H33N5O2/c29-14-16-31-27(34)26-18-25(21-33(26)28(35)24-12-7-15-30-19-24)32(20-23-10-5-2-6-11-23)17-13-22-8-3-1-4-9-22/h1-12,15,19,25-26H,13-14,16-18,20-21,29H2,(H,31,34). The van der Waals surface area contributed by atoms with Gasteiger partial charge in [-0.25, -0.2) is 0 Å². The summed E-state index contributed by atoms with van der Waals surface area (Å²) in [5.41, 5.74) is 8.57. The summed E-state index contributed by atoms with van der Waals surface area (Å²) < 4.78 is 0. The van der Waals surface area contributed by atoms with E-state index in [1.54, 1.807) is 29.4 Å². The van der Waals surface area contributed by atoms with Gasteiger partial charge in [-0.2, -0.15) is 0 Å². The van der Waals surface area contributed by atoms with E-state index in [0.717, 1.165) is 19.5 Å². The first-order chi connectivity index (χ1) is 17.2. The highest BCUT2D eigenvalue weighted by atomic mass is 16.2. The van der Waals surface area contributed by atoms with Crippen LogP contribution in [-0.2, 0) is 17.8 Å². The first kappa shape index (κ1) is 24.6. The molecule has 1 aliphatic rings. The average molecular weight is 472 g/mol. The normalized spacial score (nSPS) is 17.5. The molecule has 7 heteroatoms. The third-order valence-electron chi connectivity index (χ3n) is 6.47. The number of likely N-dealkylation sites (tertiary alicyclic amines) is 1. The molecule has 1 fully saturated rings. The van der Waals surface area contributed by atoms with Gasteiger partial charge in [-0.3, -0.25) is 19.5 Å². The molecular formula is C28H33N5O2. The summed E-state index contributed by atoms with van der Waals surface area (Å²) in [7, 11) is 0. The molecule has 2 aromatic carbocycles. The molecule has 7 nitrogen and oxygen atoms in total. The summed E-state index contributed by atoms with van der Waals surface area (Å²) in [6.45, 7) is 2.81. The molecule has 182 valence electrons. The third kappa shape index (κ3) is 6.53. The molecule has 2 heterocycles. The fraction of sp³-hybridized carbons (Fsp3) is 0.321. The van der Waals surface area contributed by atoms with Gasteiger partial charge in [-0.1, -0.05) is 60.7 Å². The lowest BCUT2D eigenvalue weighted by Crippen LogP contribution is -2.47. The van der Waals surface area contributed by atoms with Crippen molar-refractivity contribution in [2.75, 3.05) is 26.2 Å². The maximum absolute atomic E-state index is 13.4. The van der Waals surface area contributed by atoms with Crippen LogP contribution in [0.5, 0.6) is 0 Å². The number of pyridine rings is 1. The van der Waals surface area contributed by atoms with Crippen LogP contribution in [0.3, 0.4) is 0 Å². The molecule has 1 saturated heterocycles. The zero-order valence-electron chi connectivity index (χ0n) is 19.9. The number of nitrogens with one attached hydrogen (secondary N) is 1. The molecule has 3 aromatic rings. The van der Waals surface area contributed by atoms with E-state index in [2.05, 4.69) is 51.6 Å². The second kappa shape index (κ2) is 12.2. The zero-order chi connectivity index (χ0) is 24.5. The van der Waals surface area contributed by atoms with Crippen LogP contribution in [0.1, 0.15) is 27.9 Å². The van der Waals surface area contributed by atoms with Crippen LogP contribution in [0.25, 0.3) is 0 Å². The van der Waals surface area contributed by atoms with Gasteiger partial charge in [0, 0.05) is 51.2 Å². The Morgan fingerprint density at radius 1 is 1.00 bits per heavy atom. The van der Waals surface area contributed by atoms with Crippen LogP contribution in [0.2, 0.25) is 0 Å². The van der Waals surface area contributed by atoms with Gasteiger partial charge in [0.1, 0.15) is 6.04 Å². The maximum atomic E-state index is 13.4. The summed E-state index contributed by atoms with van der Waals surface area (Å²) in [5, 5.41) is 2.89. The molecule has 35 heavy (non-hydrogen) atoms. The summed E-state index contributed by atoms with van der Waals surface area (Å²) in [5.74, 6) is -0.325. The largest absolute Gasteiger partial charge is 0.353 e. The number of hydrogen-bond donors (Lipinski definition) is 2. The van der Waals surface area contributed by atoms with E-state index in [1.165, 1.54) is 11.1 Å². The lowest BCUT2D eigenvalue weighted by atomic mass is 10.1. The van der Waals surface area contributed by atoms with Crippen LogP contribution in [0.4, 0.5) is 0 Å². The predicted molar refractivity (Wildman–Crippen MR) is 137 cm³/mol. The summed E-state index contributed by atoms with van der Waals surface area (Å²) in [6, 6.07) is 23.7. The Balaban J connectivity index is 1.57. The second-order valence-corrected chi connectivity index (χ2v) is 8.88. The minimum absolute atomic E-state index is 0.0492. The lowest BCUT2D eigenvalue weighted by Gasteiger charge is -2.29. The van der Waals surface area contributed by atoms with E-state index in [9.17, 15) is 9.59 Å². The topological polar surface area (TPSA) is 91.6 Å². The highest BCUT2D eigenvalue weighted by Crippen LogP contribution is 2.26. The van der Waals surface area contributed by atoms with E-state index in [1.807, 2.05) is 24.3 Å². The van der Waals surface area contributed by atoms with Crippen LogP contribution in [0.15, 0.2) is 85.2 Å². The SMILES string of the molecule is NCCNC(=O)C1CC(N(CCc2ccccc2)Cc2ccccc2)CN1C(=O)c1cccnc1. The molecule has 3 N–H and O–H groups in total.